The van der Waals surface area contributed by atoms with E-state index in [0.717, 1.165) is 24.3 Å². The molecule has 7 nitrogen and oxygen atoms in total. The first-order valence-corrected chi connectivity index (χ1v) is 9.68. The lowest BCUT2D eigenvalue weighted by molar-refractivity contribution is -0.119. The van der Waals surface area contributed by atoms with Crippen LogP contribution >= 0.6 is 11.8 Å². The van der Waals surface area contributed by atoms with Crippen molar-refractivity contribution in [3.8, 4) is 11.4 Å². The van der Waals surface area contributed by atoms with Gasteiger partial charge in [-0.15, -0.1) is 5.10 Å². The van der Waals surface area contributed by atoms with Crippen LogP contribution in [0.5, 0.6) is 5.75 Å². The summed E-state index contributed by atoms with van der Waals surface area (Å²) < 4.78 is 7.07. The number of thioether (sulfide) groups is 1. The molecule has 2 aromatic rings. The fourth-order valence-electron chi connectivity index (χ4n) is 2.93. The second kappa shape index (κ2) is 8.84. The molecule has 1 fully saturated rings. The van der Waals surface area contributed by atoms with E-state index < -0.39 is 0 Å². The van der Waals surface area contributed by atoms with Crippen molar-refractivity contribution in [2.24, 2.45) is 0 Å². The van der Waals surface area contributed by atoms with Crippen molar-refractivity contribution in [2.75, 3.05) is 12.4 Å². The predicted molar refractivity (Wildman–Crippen MR) is 96.1 cm³/mol. The number of amides is 1. The van der Waals surface area contributed by atoms with Gasteiger partial charge in [0, 0.05) is 6.04 Å². The maximum Gasteiger partial charge on any atom is 0.230 e. The molecule has 1 aromatic heterocycles. The Hall–Kier alpha value is -2.09. The highest BCUT2D eigenvalue weighted by atomic mass is 32.2. The summed E-state index contributed by atoms with van der Waals surface area (Å²) in [5, 5.41) is 15.5. The molecule has 0 spiro atoms. The highest BCUT2D eigenvalue weighted by Crippen LogP contribution is 2.21. The molecule has 0 unspecified atom stereocenters. The minimum absolute atomic E-state index is 0.0399. The van der Waals surface area contributed by atoms with Gasteiger partial charge in [-0.1, -0.05) is 31.0 Å². The Balaban J connectivity index is 1.56. The molecule has 3 rings (SSSR count). The molecule has 134 valence electrons. The molecule has 1 N–H and O–H groups in total. The highest BCUT2D eigenvalue weighted by Gasteiger charge is 2.17. The Morgan fingerprint density at radius 2 is 2.04 bits per heavy atom. The molecule has 0 atom stereocenters. The van der Waals surface area contributed by atoms with Crippen molar-refractivity contribution in [3.63, 3.8) is 0 Å². The van der Waals surface area contributed by atoms with Crippen LogP contribution in [0.15, 0.2) is 29.4 Å². The maximum atomic E-state index is 12.1. The van der Waals surface area contributed by atoms with Crippen LogP contribution in [0.2, 0.25) is 0 Å². The van der Waals surface area contributed by atoms with Gasteiger partial charge in [0.15, 0.2) is 0 Å². The van der Waals surface area contributed by atoms with Crippen LogP contribution in [0.4, 0.5) is 0 Å². The van der Waals surface area contributed by atoms with E-state index in [1.165, 1.54) is 31.0 Å². The second-order valence-corrected chi connectivity index (χ2v) is 6.93. The van der Waals surface area contributed by atoms with E-state index in [-0.39, 0.29) is 5.91 Å². The standard InChI is InChI=1S/C17H23N5O2S/c1-2-24-15-10-8-14(9-11-15)22-17(19-20-21-22)25-12-16(23)18-13-6-4-3-5-7-13/h8-11,13H,2-7,12H2,1H3,(H,18,23). The average Bonchev–Trinajstić information content (AvgIpc) is 3.10. The first-order chi connectivity index (χ1) is 12.3. The Morgan fingerprint density at radius 1 is 1.28 bits per heavy atom. The number of carbonyl (C=O) groups is 1. The quantitative estimate of drug-likeness (QED) is 0.764. The number of nitrogens with one attached hydrogen (secondary N) is 1. The van der Waals surface area contributed by atoms with E-state index in [1.807, 2.05) is 31.2 Å². The number of nitrogens with zero attached hydrogens (tertiary/aromatic N) is 4. The summed E-state index contributed by atoms with van der Waals surface area (Å²) in [6, 6.07) is 7.88. The molecule has 1 aliphatic carbocycles. The number of benzene rings is 1. The Bertz CT molecular complexity index is 683. The van der Waals surface area contributed by atoms with Crippen molar-refractivity contribution in [1.29, 1.82) is 0 Å². The van der Waals surface area contributed by atoms with Gasteiger partial charge < -0.3 is 10.1 Å². The fraction of sp³-hybridized carbons (Fsp3) is 0.529. The van der Waals surface area contributed by atoms with Gasteiger partial charge in [-0.2, -0.15) is 4.68 Å². The Kier molecular flexibility index (Phi) is 6.27. The summed E-state index contributed by atoms with van der Waals surface area (Å²) in [6.07, 6.45) is 5.85. The van der Waals surface area contributed by atoms with Gasteiger partial charge in [-0.25, -0.2) is 0 Å². The highest BCUT2D eigenvalue weighted by molar-refractivity contribution is 7.99. The minimum Gasteiger partial charge on any atom is -0.494 e. The van der Waals surface area contributed by atoms with Gasteiger partial charge in [0.05, 0.1) is 18.0 Å². The van der Waals surface area contributed by atoms with Crippen LogP contribution in [-0.4, -0.2) is 44.5 Å². The topological polar surface area (TPSA) is 81.9 Å². The lowest BCUT2D eigenvalue weighted by atomic mass is 9.95. The van der Waals surface area contributed by atoms with Crippen LogP contribution in [0.25, 0.3) is 5.69 Å². The van der Waals surface area contributed by atoms with E-state index >= 15 is 0 Å². The normalized spacial score (nSPS) is 15.1. The third kappa shape index (κ3) is 4.94. The Labute approximate surface area is 151 Å². The van der Waals surface area contributed by atoms with E-state index in [9.17, 15) is 4.79 Å². The van der Waals surface area contributed by atoms with Crippen molar-refractivity contribution in [2.45, 2.75) is 50.2 Å². The summed E-state index contributed by atoms with van der Waals surface area (Å²) >= 11 is 1.34. The summed E-state index contributed by atoms with van der Waals surface area (Å²) in [4.78, 5) is 12.1. The van der Waals surface area contributed by atoms with Crippen LogP contribution in [-0.2, 0) is 4.79 Å². The summed E-state index contributed by atoms with van der Waals surface area (Å²) in [6.45, 7) is 2.57. The lowest BCUT2D eigenvalue weighted by Crippen LogP contribution is -2.37. The summed E-state index contributed by atoms with van der Waals surface area (Å²) in [5.74, 6) is 1.16. The number of ether oxygens (including phenoxy) is 1. The van der Waals surface area contributed by atoms with Crippen molar-refractivity contribution in [3.05, 3.63) is 24.3 Å². The average molecular weight is 361 g/mol. The van der Waals surface area contributed by atoms with Crippen LogP contribution in [0.1, 0.15) is 39.0 Å². The smallest absolute Gasteiger partial charge is 0.230 e. The largest absolute Gasteiger partial charge is 0.494 e. The summed E-state index contributed by atoms with van der Waals surface area (Å²) in [7, 11) is 0. The van der Waals surface area contributed by atoms with Crippen molar-refractivity contribution < 1.29 is 9.53 Å². The van der Waals surface area contributed by atoms with Gasteiger partial charge in [-0.05, 0) is 54.5 Å². The monoisotopic (exact) mass is 361 g/mol. The number of aromatic nitrogens is 4. The van der Waals surface area contributed by atoms with Crippen molar-refractivity contribution >= 4 is 17.7 Å². The van der Waals surface area contributed by atoms with Crippen molar-refractivity contribution in [1.82, 2.24) is 25.5 Å². The second-order valence-electron chi connectivity index (χ2n) is 5.99. The zero-order valence-corrected chi connectivity index (χ0v) is 15.2. The molecule has 1 heterocycles. The van der Waals surface area contributed by atoms with E-state index in [4.69, 9.17) is 4.74 Å². The minimum atomic E-state index is 0.0399. The van der Waals surface area contributed by atoms with E-state index in [1.54, 1.807) is 4.68 Å². The number of tetrazole rings is 1. The van der Waals surface area contributed by atoms with E-state index in [0.29, 0.717) is 23.6 Å². The molecule has 1 amide bonds. The first-order valence-electron chi connectivity index (χ1n) is 8.70. The summed E-state index contributed by atoms with van der Waals surface area (Å²) in [5.41, 5.74) is 0.837. The molecule has 1 aromatic carbocycles. The lowest BCUT2D eigenvalue weighted by Gasteiger charge is -2.22. The zero-order chi connectivity index (χ0) is 17.5. The first kappa shape index (κ1) is 17.7. The van der Waals surface area contributed by atoms with Gasteiger partial charge in [0.2, 0.25) is 11.1 Å². The number of hydrogen-bond acceptors (Lipinski definition) is 6. The van der Waals surface area contributed by atoms with Gasteiger partial charge in [0.1, 0.15) is 5.75 Å². The molecule has 25 heavy (non-hydrogen) atoms. The van der Waals surface area contributed by atoms with Crippen LogP contribution < -0.4 is 10.1 Å². The molecule has 0 radical (unpaired) electrons. The molecule has 0 aliphatic heterocycles. The van der Waals surface area contributed by atoms with Gasteiger partial charge >= 0.3 is 0 Å². The van der Waals surface area contributed by atoms with Crippen LogP contribution in [0, 0.1) is 0 Å². The SMILES string of the molecule is CCOc1ccc(-n2nnnc2SCC(=O)NC2CCCCC2)cc1. The Morgan fingerprint density at radius 3 is 2.76 bits per heavy atom. The zero-order valence-electron chi connectivity index (χ0n) is 14.4. The van der Waals surface area contributed by atoms with Gasteiger partial charge in [0.25, 0.3) is 0 Å². The number of hydrogen-bond donors (Lipinski definition) is 1. The van der Waals surface area contributed by atoms with Gasteiger partial charge in [-0.3, -0.25) is 4.79 Å². The third-order valence-corrected chi connectivity index (χ3v) is 5.06. The number of carbonyl (C=O) groups excluding carboxylic acids is 1. The third-order valence-electron chi connectivity index (χ3n) is 4.14. The van der Waals surface area contributed by atoms with Crippen LogP contribution in [0.3, 0.4) is 0 Å². The van der Waals surface area contributed by atoms with E-state index in [2.05, 4.69) is 20.8 Å². The molecule has 8 heteroatoms. The molecule has 0 bridgehead atoms. The maximum absolute atomic E-state index is 12.1. The molecule has 0 saturated heterocycles. The molecular formula is C17H23N5O2S. The molecule has 1 aliphatic rings. The molecular weight excluding hydrogens is 338 g/mol. The fourth-order valence-corrected chi connectivity index (χ4v) is 3.63. The molecule has 1 saturated carbocycles. The number of rotatable bonds is 7. The predicted octanol–water partition coefficient (Wildman–Crippen LogP) is 2.60.